The van der Waals surface area contributed by atoms with Gasteiger partial charge < -0.3 is 0 Å². The van der Waals surface area contributed by atoms with Crippen LogP contribution in [0.15, 0.2) is 0 Å². The summed E-state index contributed by atoms with van der Waals surface area (Å²) in [6.07, 6.45) is 10.5. The number of unbranched alkanes of at least 4 members (excludes halogenated alkanes) is 6. The van der Waals surface area contributed by atoms with Gasteiger partial charge in [0.05, 0.1) is 6.42 Å². The van der Waals surface area contributed by atoms with E-state index in [1.807, 2.05) is 0 Å². The van der Waals surface area contributed by atoms with Crippen molar-refractivity contribution in [1.82, 2.24) is 0 Å². The van der Waals surface area contributed by atoms with Crippen molar-refractivity contribution >= 4 is 0 Å². The Hall–Kier alpha value is -0.880. The lowest BCUT2D eigenvalue weighted by Crippen LogP contribution is -1.72. The molecule has 0 saturated heterocycles. The zero-order valence-corrected chi connectivity index (χ0v) is 10.4. The third kappa shape index (κ3) is 13.1. The van der Waals surface area contributed by atoms with Crippen LogP contribution < -0.4 is 0 Å². The van der Waals surface area contributed by atoms with Gasteiger partial charge in [0.1, 0.15) is 0 Å². The summed E-state index contributed by atoms with van der Waals surface area (Å²) in [4.78, 5) is 0. The summed E-state index contributed by atoms with van der Waals surface area (Å²) < 4.78 is 0. The van der Waals surface area contributed by atoms with Crippen LogP contribution in [0.5, 0.6) is 0 Å². The molecule has 0 atom stereocenters. The van der Waals surface area contributed by atoms with Gasteiger partial charge in [0.15, 0.2) is 0 Å². The van der Waals surface area contributed by atoms with Crippen molar-refractivity contribution in [2.24, 2.45) is 0 Å². The van der Waals surface area contributed by atoms with Crippen LogP contribution in [0, 0.1) is 23.7 Å². The molecule has 0 radical (unpaired) electrons. The Kier molecular flexibility index (Phi) is 12.4. The van der Waals surface area contributed by atoms with E-state index in [-0.39, 0.29) is 0 Å². The van der Waals surface area contributed by atoms with Crippen molar-refractivity contribution < 1.29 is 0 Å². The van der Waals surface area contributed by atoms with Crippen molar-refractivity contribution in [3.05, 3.63) is 0 Å². The molecule has 0 spiro atoms. The molecule has 0 N–H and O–H groups in total. The first kappa shape index (κ1) is 14.1. The van der Waals surface area contributed by atoms with Gasteiger partial charge in [0.25, 0.3) is 0 Å². The van der Waals surface area contributed by atoms with Crippen LogP contribution in [0.2, 0.25) is 0 Å². The van der Waals surface area contributed by atoms with E-state index in [2.05, 4.69) is 37.5 Å². The zero-order valence-electron chi connectivity index (χ0n) is 10.4. The quantitative estimate of drug-likeness (QED) is 0.440. The third-order valence-corrected chi connectivity index (χ3v) is 2.24. The van der Waals surface area contributed by atoms with Gasteiger partial charge in [0, 0.05) is 12.8 Å². The Morgan fingerprint density at radius 1 is 0.600 bits per heavy atom. The zero-order chi connectivity index (χ0) is 11.2. The fourth-order valence-electron chi connectivity index (χ4n) is 1.27. The van der Waals surface area contributed by atoms with Gasteiger partial charge in [-0.2, -0.15) is 0 Å². The van der Waals surface area contributed by atoms with Crippen molar-refractivity contribution in [3.8, 4) is 23.7 Å². The maximum atomic E-state index is 3.17. The molecule has 84 valence electrons. The first-order chi connectivity index (χ1) is 7.41. The van der Waals surface area contributed by atoms with Gasteiger partial charge in [-0.1, -0.05) is 51.4 Å². The summed E-state index contributed by atoms with van der Waals surface area (Å²) in [7, 11) is 0. The number of rotatable bonds is 6. The highest BCUT2D eigenvalue weighted by molar-refractivity contribution is 5.11. The lowest BCUT2D eigenvalue weighted by atomic mass is 10.2. The van der Waals surface area contributed by atoms with Gasteiger partial charge in [0.2, 0.25) is 0 Å². The second-order valence-corrected chi connectivity index (χ2v) is 3.80. The molecule has 0 heterocycles. The molecule has 0 nitrogen and oxygen atoms in total. The monoisotopic (exact) mass is 204 g/mol. The van der Waals surface area contributed by atoms with E-state index in [0.29, 0.717) is 0 Å². The first-order valence-electron chi connectivity index (χ1n) is 6.33. The Balaban J connectivity index is 3.26. The lowest BCUT2D eigenvalue weighted by molar-refractivity contribution is 0.736. The molecule has 0 aliphatic rings. The molecule has 0 fully saturated rings. The summed E-state index contributed by atoms with van der Waals surface area (Å²) in [6.45, 7) is 4.43. The van der Waals surface area contributed by atoms with Crippen LogP contribution in [-0.2, 0) is 0 Å². The molecule has 0 heteroatoms. The standard InChI is InChI=1S/C15H24/c1-3-5-7-9-11-13-15-14-12-10-8-6-4-2/h3-10,15H2,1-2H3. The van der Waals surface area contributed by atoms with E-state index in [4.69, 9.17) is 0 Å². The molecule has 0 aromatic rings. The van der Waals surface area contributed by atoms with Crippen molar-refractivity contribution in [1.29, 1.82) is 0 Å². The fourth-order valence-corrected chi connectivity index (χ4v) is 1.27. The minimum absolute atomic E-state index is 0.762. The van der Waals surface area contributed by atoms with E-state index in [9.17, 15) is 0 Å². The van der Waals surface area contributed by atoms with E-state index < -0.39 is 0 Å². The first-order valence-corrected chi connectivity index (χ1v) is 6.33. The van der Waals surface area contributed by atoms with Crippen LogP contribution in [0.3, 0.4) is 0 Å². The Bertz CT molecular complexity index is 202. The average Bonchev–Trinajstić information content (AvgIpc) is 2.26. The maximum absolute atomic E-state index is 3.17. The van der Waals surface area contributed by atoms with Crippen LogP contribution >= 0.6 is 0 Å². The maximum Gasteiger partial charge on any atom is 0.0702 e. The molecule has 0 aliphatic heterocycles. The molecule has 0 aromatic heterocycles. The average molecular weight is 204 g/mol. The Labute approximate surface area is 95.8 Å². The van der Waals surface area contributed by atoms with Crippen molar-refractivity contribution in [3.63, 3.8) is 0 Å². The van der Waals surface area contributed by atoms with Gasteiger partial charge in [-0.15, -0.1) is 11.8 Å². The van der Waals surface area contributed by atoms with Crippen LogP contribution in [0.25, 0.3) is 0 Å². The summed E-state index contributed by atoms with van der Waals surface area (Å²) in [5.74, 6) is 12.6. The SMILES string of the molecule is CCCCCC#CCC#CCCCCC. The van der Waals surface area contributed by atoms with Crippen LogP contribution in [0.4, 0.5) is 0 Å². The summed E-state index contributed by atoms with van der Waals surface area (Å²) >= 11 is 0. The predicted molar refractivity (Wildman–Crippen MR) is 68.5 cm³/mol. The van der Waals surface area contributed by atoms with Crippen molar-refractivity contribution in [2.75, 3.05) is 0 Å². The molecule has 0 saturated carbocycles. The minimum Gasteiger partial charge on any atom is -0.102 e. The highest BCUT2D eigenvalue weighted by Gasteiger charge is 1.81. The largest absolute Gasteiger partial charge is 0.102 e. The van der Waals surface area contributed by atoms with E-state index in [1.165, 1.54) is 38.5 Å². The molecule has 0 aromatic carbocycles. The van der Waals surface area contributed by atoms with Crippen LogP contribution in [-0.4, -0.2) is 0 Å². The molecule has 0 amide bonds. The molecule has 0 rings (SSSR count). The molecule has 0 bridgehead atoms. The van der Waals surface area contributed by atoms with Gasteiger partial charge in [-0.05, 0) is 12.8 Å². The van der Waals surface area contributed by atoms with Gasteiger partial charge in [-0.3, -0.25) is 0 Å². The highest BCUT2D eigenvalue weighted by atomic mass is 13.9. The number of hydrogen-bond acceptors (Lipinski definition) is 0. The predicted octanol–water partition coefficient (Wildman–Crippen LogP) is 4.54. The van der Waals surface area contributed by atoms with E-state index in [0.717, 1.165) is 19.3 Å². The summed E-state index contributed by atoms with van der Waals surface area (Å²) in [5.41, 5.74) is 0. The third-order valence-electron chi connectivity index (χ3n) is 2.24. The summed E-state index contributed by atoms with van der Waals surface area (Å²) in [5, 5.41) is 0. The van der Waals surface area contributed by atoms with E-state index >= 15 is 0 Å². The van der Waals surface area contributed by atoms with Gasteiger partial charge in [-0.25, -0.2) is 0 Å². The minimum atomic E-state index is 0.762. The molecule has 0 unspecified atom stereocenters. The number of hydrogen-bond donors (Lipinski definition) is 0. The highest BCUT2D eigenvalue weighted by Crippen LogP contribution is 1.97. The molecule has 0 aliphatic carbocycles. The second kappa shape index (κ2) is 13.1. The Morgan fingerprint density at radius 3 is 1.47 bits per heavy atom. The smallest absolute Gasteiger partial charge is 0.0702 e. The lowest BCUT2D eigenvalue weighted by Gasteiger charge is -1.88. The molecular weight excluding hydrogens is 180 g/mol. The van der Waals surface area contributed by atoms with E-state index in [1.54, 1.807) is 0 Å². The molecule has 15 heavy (non-hydrogen) atoms. The van der Waals surface area contributed by atoms with Crippen LogP contribution in [0.1, 0.15) is 71.6 Å². The second-order valence-electron chi connectivity index (χ2n) is 3.80. The van der Waals surface area contributed by atoms with Crippen molar-refractivity contribution in [2.45, 2.75) is 71.6 Å². The Morgan fingerprint density at radius 2 is 1.07 bits per heavy atom. The topological polar surface area (TPSA) is 0 Å². The summed E-state index contributed by atoms with van der Waals surface area (Å²) in [6, 6.07) is 0. The molecular formula is C15H24. The fraction of sp³-hybridized carbons (Fsp3) is 0.733. The van der Waals surface area contributed by atoms with Gasteiger partial charge >= 0.3 is 0 Å². The normalized spacial score (nSPS) is 8.67.